The van der Waals surface area contributed by atoms with E-state index in [1.54, 1.807) is 12.1 Å². The molecule has 1 N–H and O–H groups in total. The number of alkyl carbamates (subject to hydrolysis) is 1. The van der Waals surface area contributed by atoms with Gasteiger partial charge >= 0.3 is 12.1 Å². The van der Waals surface area contributed by atoms with Crippen molar-refractivity contribution < 1.29 is 23.5 Å². The summed E-state index contributed by atoms with van der Waals surface area (Å²) in [5, 5.41) is 5.74. The molecule has 1 atom stereocenters. The molecule has 3 aromatic carbocycles. The molecular weight excluding hydrogens is 564 g/mol. The summed E-state index contributed by atoms with van der Waals surface area (Å²) in [7, 11) is 0. The molecule has 220 valence electrons. The van der Waals surface area contributed by atoms with Crippen LogP contribution >= 0.6 is 11.3 Å². The molecule has 0 aliphatic heterocycles. The Kier molecular flexibility index (Phi) is 9.63. The fraction of sp³-hybridized carbons (Fsp3) is 0.235. The molecule has 0 radical (unpaired) electrons. The van der Waals surface area contributed by atoms with Crippen molar-refractivity contribution in [2.75, 3.05) is 0 Å². The topological polar surface area (TPSA) is 108 Å². The van der Waals surface area contributed by atoms with E-state index >= 15 is 0 Å². The predicted molar refractivity (Wildman–Crippen MR) is 166 cm³/mol. The number of aromatic nitrogens is 1. The van der Waals surface area contributed by atoms with E-state index in [1.807, 2.05) is 73.0 Å². The number of unbranched alkanes of at least 4 members (excludes halogenated alkanes) is 1. The predicted octanol–water partition coefficient (Wildman–Crippen LogP) is 7.01. The second-order valence-electron chi connectivity index (χ2n) is 10.2. The summed E-state index contributed by atoms with van der Waals surface area (Å²) >= 11 is 1.46. The molecule has 0 saturated heterocycles. The number of thiazole rings is 1. The van der Waals surface area contributed by atoms with Gasteiger partial charge in [0.05, 0.1) is 21.7 Å². The maximum absolute atomic E-state index is 13.6. The number of hydrogen-bond acceptors (Lipinski definition) is 8. The number of amides is 1. The Balaban J connectivity index is 1.42. The van der Waals surface area contributed by atoms with Crippen LogP contribution in [0.15, 0.2) is 93.7 Å². The van der Waals surface area contributed by atoms with Crippen molar-refractivity contribution in [1.82, 2.24) is 10.3 Å². The average Bonchev–Trinajstić information content (AvgIpc) is 3.45. The highest BCUT2D eigenvalue weighted by atomic mass is 32.1. The van der Waals surface area contributed by atoms with Gasteiger partial charge in [0.15, 0.2) is 0 Å². The smallest absolute Gasteiger partial charge is 0.408 e. The van der Waals surface area contributed by atoms with Gasteiger partial charge < -0.3 is 19.2 Å². The zero-order valence-corrected chi connectivity index (χ0v) is 24.8. The summed E-state index contributed by atoms with van der Waals surface area (Å²) in [5.41, 5.74) is 3.40. The molecule has 9 heteroatoms. The Morgan fingerprint density at radius 2 is 1.74 bits per heavy atom. The largest absolute Gasteiger partial charge is 0.463 e. The third-order valence-corrected chi connectivity index (χ3v) is 7.71. The van der Waals surface area contributed by atoms with Gasteiger partial charge in [0, 0.05) is 17.9 Å². The van der Waals surface area contributed by atoms with E-state index in [0.29, 0.717) is 34.2 Å². The monoisotopic (exact) mass is 596 g/mol. The van der Waals surface area contributed by atoms with Crippen molar-refractivity contribution in [3.05, 3.63) is 116 Å². The van der Waals surface area contributed by atoms with Gasteiger partial charge in [0.25, 0.3) is 0 Å². The number of rotatable bonds is 11. The van der Waals surface area contributed by atoms with Gasteiger partial charge in [-0.15, -0.1) is 11.3 Å². The molecule has 0 unspecified atom stereocenters. The summed E-state index contributed by atoms with van der Waals surface area (Å²) in [5.74, 6) is -0.376. The van der Waals surface area contributed by atoms with Crippen molar-refractivity contribution in [3.63, 3.8) is 0 Å². The Morgan fingerprint density at radius 3 is 2.42 bits per heavy atom. The SMILES string of the molecule is CCCCc1cc2c(=O)c(-c3csc(C)n3)coc2cc1OC(=O)[C@@H](Cc1ccccc1)NC(=O)OCc1ccccc1. The molecule has 5 aromatic rings. The first-order valence-electron chi connectivity index (χ1n) is 14.1. The second kappa shape index (κ2) is 13.9. The zero-order valence-electron chi connectivity index (χ0n) is 24.0. The first-order chi connectivity index (χ1) is 20.9. The molecule has 8 nitrogen and oxygen atoms in total. The maximum Gasteiger partial charge on any atom is 0.408 e. The first kappa shape index (κ1) is 29.7. The maximum atomic E-state index is 13.6. The van der Waals surface area contributed by atoms with Crippen molar-refractivity contribution in [2.45, 2.75) is 52.2 Å². The van der Waals surface area contributed by atoms with Gasteiger partial charge in [-0.25, -0.2) is 14.6 Å². The number of carbonyl (C=O) groups is 2. The number of carbonyl (C=O) groups excluding carboxylic acids is 2. The minimum atomic E-state index is -1.03. The van der Waals surface area contributed by atoms with E-state index < -0.39 is 18.1 Å². The third-order valence-electron chi connectivity index (χ3n) is 6.93. The second-order valence-corrected chi connectivity index (χ2v) is 11.2. The average molecular weight is 597 g/mol. The number of fused-ring (bicyclic) bond motifs is 1. The fourth-order valence-electron chi connectivity index (χ4n) is 4.65. The van der Waals surface area contributed by atoms with Crippen LogP contribution in [0.5, 0.6) is 5.75 Å². The lowest BCUT2D eigenvalue weighted by Crippen LogP contribution is -2.44. The van der Waals surface area contributed by atoms with Crippen LogP contribution in [0.1, 0.15) is 41.5 Å². The van der Waals surface area contributed by atoms with Crippen LogP contribution in [0, 0.1) is 6.92 Å². The Hall–Kier alpha value is -4.76. The summed E-state index contributed by atoms with van der Waals surface area (Å²) in [6.07, 6.45) is 3.17. The highest BCUT2D eigenvalue weighted by Crippen LogP contribution is 2.29. The van der Waals surface area contributed by atoms with Crippen LogP contribution in [0.2, 0.25) is 0 Å². The van der Waals surface area contributed by atoms with Gasteiger partial charge in [-0.3, -0.25) is 4.79 Å². The van der Waals surface area contributed by atoms with Crippen molar-refractivity contribution in [3.8, 4) is 17.0 Å². The summed E-state index contributed by atoms with van der Waals surface area (Å²) in [4.78, 5) is 44.2. The van der Waals surface area contributed by atoms with Crippen molar-refractivity contribution in [1.29, 1.82) is 0 Å². The number of aryl methyl sites for hydroxylation is 2. The van der Waals surface area contributed by atoms with Crippen LogP contribution in [-0.4, -0.2) is 23.1 Å². The van der Waals surface area contributed by atoms with Crippen LogP contribution in [0.4, 0.5) is 4.79 Å². The third kappa shape index (κ3) is 7.55. The summed E-state index contributed by atoms with van der Waals surface area (Å²) in [6.45, 7) is 4.00. The van der Waals surface area contributed by atoms with Gasteiger partial charge in [-0.1, -0.05) is 74.0 Å². The van der Waals surface area contributed by atoms with Crippen molar-refractivity contribution in [2.24, 2.45) is 0 Å². The molecular formula is C34H32N2O6S. The lowest BCUT2D eigenvalue weighted by Gasteiger charge is -2.19. The number of esters is 1. The Bertz CT molecular complexity index is 1760. The van der Waals surface area contributed by atoms with Gasteiger partial charge in [-0.2, -0.15) is 0 Å². The van der Waals surface area contributed by atoms with Gasteiger partial charge in [0.1, 0.15) is 30.2 Å². The highest BCUT2D eigenvalue weighted by molar-refractivity contribution is 7.09. The molecule has 2 aromatic heterocycles. The number of nitrogens with one attached hydrogen (secondary N) is 1. The molecule has 43 heavy (non-hydrogen) atoms. The van der Waals surface area contributed by atoms with E-state index in [0.717, 1.165) is 29.0 Å². The molecule has 0 saturated carbocycles. The summed E-state index contributed by atoms with van der Waals surface area (Å²) < 4.78 is 17.2. The Morgan fingerprint density at radius 1 is 1.02 bits per heavy atom. The van der Waals surface area contributed by atoms with Crippen LogP contribution in [-0.2, 0) is 29.0 Å². The van der Waals surface area contributed by atoms with Crippen molar-refractivity contribution >= 4 is 34.4 Å². The minimum Gasteiger partial charge on any atom is -0.463 e. The molecule has 2 heterocycles. The van der Waals surface area contributed by atoms with Crippen LogP contribution < -0.4 is 15.5 Å². The molecule has 0 spiro atoms. The van der Waals surface area contributed by atoms with Gasteiger partial charge in [0.2, 0.25) is 5.43 Å². The van der Waals surface area contributed by atoms with E-state index in [1.165, 1.54) is 17.6 Å². The molecule has 0 bridgehead atoms. The molecule has 1 amide bonds. The normalized spacial score (nSPS) is 11.7. The zero-order chi connectivity index (χ0) is 30.2. The molecule has 5 rings (SSSR count). The summed E-state index contributed by atoms with van der Waals surface area (Å²) in [6, 6.07) is 20.9. The molecule has 0 aliphatic carbocycles. The van der Waals surface area contributed by atoms with Crippen LogP contribution in [0.25, 0.3) is 22.2 Å². The number of ether oxygens (including phenoxy) is 2. The molecule has 0 fully saturated rings. The van der Waals surface area contributed by atoms with E-state index in [4.69, 9.17) is 13.9 Å². The lowest BCUT2D eigenvalue weighted by atomic mass is 10.0. The van der Waals surface area contributed by atoms with E-state index in [9.17, 15) is 14.4 Å². The lowest BCUT2D eigenvalue weighted by molar-refractivity contribution is -0.136. The quantitative estimate of drug-likeness (QED) is 0.129. The highest BCUT2D eigenvalue weighted by Gasteiger charge is 2.26. The number of hydrogen-bond donors (Lipinski definition) is 1. The number of benzene rings is 3. The number of nitrogens with zero attached hydrogens (tertiary/aromatic N) is 1. The van der Waals surface area contributed by atoms with E-state index in [2.05, 4.69) is 17.2 Å². The Labute approximate surface area is 253 Å². The first-order valence-corrected chi connectivity index (χ1v) is 15.0. The minimum absolute atomic E-state index is 0.0626. The fourth-order valence-corrected chi connectivity index (χ4v) is 5.27. The van der Waals surface area contributed by atoms with Gasteiger partial charge in [-0.05, 0) is 42.5 Å². The van der Waals surface area contributed by atoms with Crippen LogP contribution in [0.3, 0.4) is 0 Å². The standard InChI is InChI=1S/C34H32N2O6S/c1-3-4-15-25-17-26-31(40-20-27(32(26)37)29-21-43-22(2)35-29)18-30(25)42-33(38)28(16-23-11-7-5-8-12-23)36-34(39)41-19-24-13-9-6-10-14-24/h5-14,17-18,20-21,28H,3-4,15-16,19H2,1-2H3,(H,36,39)/t28-/m1/s1. The molecule has 0 aliphatic rings. The van der Waals surface area contributed by atoms with E-state index in [-0.39, 0.29) is 24.2 Å².